The van der Waals surface area contributed by atoms with Gasteiger partial charge in [-0.3, -0.25) is 4.79 Å². The Labute approximate surface area is 138 Å². The van der Waals surface area contributed by atoms with Gasteiger partial charge in [0.25, 0.3) is 0 Å². The third-order valence-electron chi connectivity index (χ3n) is 2.97. The Morgan fingerprint density at radius 1 is 1.41 bits per heavy atom. The van der Waals surface area contributed by atoms with Crippen LogP contribution in [0.1, 0.15) is 45.3 Å². The lowest BCUT2D eigenvalue weighted by Gasteiger charge is -2.03. The number of carbonyl (C=O) groups excluding carboxylic acids is 1. The molecule has 1 amide bonds. The maximum atomic E-state index is 11.8. The Balaban J connectivity index is 1.79. The van der Waals surface area contributed by atoms with E-state index >= 15 is 0 Å². The number of oxazole rings is 1. The van der Waals surface area contributed by atoms with E-state index in [-0.39, 0.29) is 5.91 Å². The number of nitrogens with one attached hydrogen (secondary N) is 1. The van der Waals surface area contributed by atoms with Gasteiger partial charge >= 0.3 is 0 Å². The Hall–Kier alpha value is -1.34. The highest BCUT2D eigenvalue weighted by atomic mass is 32.2. The first-order valence-electron chi connectivity index (χ1n) is 7.39. The highest BCUT2D eigenvalue weighted by Crippen LogP contribution is 2.30. The number of nitrogens with zero attached hydrogens (tertiary/aromatic N) is 2. The lowest BCUT2D eigenvalue weighted by atomic mass is 10.1. The quantitative estimate of drug-likeness (QED) is 0.724. The SMILES string of the molecule is CCc1cnc(CSc2cnc(NC(=O)CCC(C)C)s2)o1. The second-order valence-corrected chi connectivity index (χ2v) is 7.63. The van der Waals surface area contributed by atoms with Gasteiger partial charge in [-0.1, -0.05) is 32.1 Å². The van der Waals surface area contributed by atoms with Crippen molar-refractivity contribution in [2.24, 2.45) is 5.92 Å². The number of carbonyl (C=O) groups is 1. The summed E-state index contributed by atoms with van der Waals surface area (Å²) in [6.07, 6.45) is 5.82. The van der Waals surface area contributed by atoms with Crippen molar-refractivity contribution in [3.8, 4) is 0 Å². The average Bonchev–Trinajstić information content (AvgIpc) is 3.11. The van der Waals surface area contributed by atoms with Crippen LogP contribution in [0, 0.1) is 5.92 Å². The molecule has 2 aromatic heterocycles. The molecule has 7 heteroatoms. The molecular weight excluding hydrogens is 318 g/mol. The molecule has 0 saturated heterocycles. The molecule has 0 aliphatic heterocycles. The summed E-state index contributed by atoms with van der Waals surface area (Å²) in [7, 11) is 0. The first-order chi connectivity index (χ1) is 10.6. The number of rotatable bonds is 8. The number of hydrogen-bond donors (Lipinski definition) is 1. The molecule has 1 N–H and O–H groups in total. The van der Waals surface area contributed by atoms with Gasteiger partial charge in [-0.2, -0.15) is 0 Å². The molecule has 0 radical (unpaired) electrons. The van der Waals surface area contributed by atoms with Crippen LogP contribution in [0.4, 0.5) is 5.13 Å². The molecule has 0 aliphatic carbocycles. The van der Waals surface area contributed by atoms with Crippen molar-refractivity contribution in [3.05, 3.63) is 24.0 Å². The number of hydrogen-bond acceptors (Lipinski definition) is 6. The molecule has 2 aromatic rings. The lowest BCUT2D eigenvalue weighted by molar-refractivity contribution is -0.116. The van der Waals surface area contributed by atoms with Crippen molar-refractivity contribution < 1.29 is 9.21 Å². The molecule has 2 rings (SSSR count). The summed E-state index contributed by atoms with van der Waals surface area (Å²) in [4.78, 5) is 20.2. The van der Waals surface area contributed by atoms with Gasteiger partial charge in [-0.25, -0.2) is 9.97 Å². The van der Waals surface area contributed by atoms with Gasteiger partial charge < -0.3 is 9.73 Å². The third-order valence-corrected chi connectivity index (χ3v) is 5.06. The summed E-state index contributed by atoms with van der Waals surface area (Å²) >= 11 is 3.09. The highest BCUT2D eigenvalue weighted by molar-refractivity contribution is 8.00. The molecule has 0 atom stereocenters. The smallest absolute Gasteiger partial charge is 0.226 e. The van der Waals surface area contributed by atoms with E-state index in [4.69, 9.17) is 4.42 Å². The molecule has 0 fully saturated rings. The van der Waals surface area contributed by atoms with E-state index in [2.05, 4.69) is 29.1 Å². The number of anilines is 1. The zero-order valence-corrected chi connectivity index (χ0v) is 14.7. The second kappa shape index (κ2) is 8.33. The summed E-state index contributed by atoms with van der Waals surface area (Å²) in [6, 6.07) is 0. The zero-order chi connectivity index (χ0) is 15.9. The van der Waals surface area contributed by atoms with E-state index in [0.717, 1.165) is 28.7 Å². The van der Waals surface area contributed by atoms with Gasteiger partial charge in [-0.05, 0) is 12.3 Å². The molecule has 0 spiro atoms. The topological polar surface area (TPSA) is 68.0 Å². The summed E-state index contributed by atoms with van der Waals surface area (Å²) in [5.41, 5.74) is 0. The van der Waals surface area contributed by atoms with Crippen LogP contribution in [-0.4, -0.2) is 15.9 Å². The lowest BCUT2D eigenvalue weighted by Crippen LogP contribution is -2.11. The Morgan fingerprint density at radius 3 is 2.91 bits per heavy atom. The number of thiazole rings is 1. The van der Waals surface area contributed by atoms with E-state index in [1.54, 1.807) is 24.2 Å². The predicted octanol–water partition coefficient (Wildman–Crippen LogP) is 4.36. The fraction of sp³-hybridized carbons (Fsp3) is 0.533. The van der Waals surface area contributed by atoms with Crippen LogP contribution in [0.15, 0.2) is 21.0 Å². The van der Waals surface area contributed by atoms with E-state index in [0.29, 0.717) is 23.2 Å². The van der Waals surface area contributed by atoms with Gasteiger partial charge in [-0.15, -0.1) is 11.8 Å². The Morgan fingerprint density at radius 2 is 2.23 bits per heavy atom. The summed E-state index contributed by atoms with van der Waals surface area (Å²) in [6.45, 7) is 6.25. The minimum Gasteiger partial charge on any atom is -0.445 e. The van der Waals surface area contributed by atoms with Crippen LogP contribution >= 0.6 is 23.1 Å². The van der Waals surface area contributed by atoms with Crippen LogP contribution in [0.5, 0.6) is 0 Å². The van der Waals surface area contributed by atoms with Gasteiger partial charge in [0.15, 0.2) is 5.13 Å². The van der Waals surface area contributed by atoms with Crippen molar-refractivity contribution in [1.82, 2.24) is 9.97 Å². The summed E-state index contributed by atoms with van der Waals surface area (Å²) in [5.74, 6) is 2.85. The Bertz CT molecular complexity index is 607. The molecule has 0 aliphatic rings. The molecule has 0 saturated carbocycles. The zero-order valence-electron chi connectivity index (χ0n) is 13.1. The van der Waals surface area contributed by atoms with Crippen molar-refractivity contribution in [2.45, 2.75) is 50.0 Å². The predicted molar refractivity (Wildman–Crippen MR) is 90.3 cm³/mol. The number of thioether (sulfide) groups is 1. The number of aromatic nitrogens is 2. The van der Waals surface area contributed by atoms with Crippen LogP contribution in [0.3, 0.4) is 0 Å². The van der Waals surface area contributed by atoms with E-state index in [1.165, 1.54) is 11.3 Å². The normalized spacial score (nSPS) is 11.1. The molecule has 0 bridgehead atoms. The molecule has 0 aromatic carbocycles. The third kappa shape index (κ3) is 5.46. The van der Waals surface area contributed by atoms with Crippen LogP contribution in [-0.2, 0) is 17.0 Å². The van der Waals surface area contributed by atoms with Crippen LogP contribution in [0.25, 0.3) is 0 Å². The van der Waals surface area contributed by atoms with E-state index in [1.807, 2.05) is 6.92 Å². The van der Waals surface area contributed by atoms with Crippen molar-refractivity contribution in [1.29, 1.82) is 0 Å². The van der Waals surface area contributed by atoms with Crippen molar-refractivity contribution in [3.63, 3.8) is 0 Å². The van der Waals surface area contributed by atoms with E-state index < -0.39 is 0 Å². The van der Waals surface area contributed by atoms with Crippen LogP contribution < -0.4 is 5.32 Å². The average molecular weight is 339 g/mol. The number of amides is 1. The molecular formula is C15H21N3O2S2. The first-order valence-corrected chi connectivity index (χ1v) is 9.19. The highest BCUT2D eigenvalue weighted by Gasteiger charge is 2.09. The molecule has 22 heavy (non-hydrogen) atoms. The Kier molecular flexibility index (Phi) is 6.45. The first kappa shape index (κ1) is 17.0. The van der Waals surface area contributed by atoms with Gasteiger partial charge in [0, 0.05) is 12.8 Å². The molecule has 5 nitrogen and oxygen atoms in total. The second-order valence-electron chi connectivity index (χ2n) is 5.33. The fourth-order valence-corrected chi connectivity index (χ4v) is 3.44. The van der Waals surface area contributed by atoms with Gasteiger partial charge in [0.1, 0.15) is 5.76 Å². The minimum atomic E-state index is 0.0277. The van der Waals surface area contributed by atoms with Crippen molar-refractivity contribution in [2.75, 3.05) is 5.32 Å². The molecule has 2 heterocycles. The summed E-state index contributed by atoms with van der Waals surface area (Å²) < 4.78 is 6.60. The largest absolute Gasteiger partial charge is 0.445 e. The van der Waals surface area contributed by atoms with Gasteiger partial charge in [0.2, 0.25) is 11.8 Å². The van der Waals surface area contributed by atoms with Crippen molar-refractivity contribution >= 4 is 34.1 Å². The molecule has 120 valence electrons. The monoisotopic (exact) mass is 339 g/mol. The maximum absolute atomic E-state index is 11.8. The minimum absolute atomic E-state index is 0.0277. The standard InChI is InChI=1S/C15H21N3O2S2/c1-4-11-7-16-13(20-11)9-21-14-8-17-15(22-14)18-12(19)6-5-10(2)3/h7-8,10H,4-6,9H2,1-3H3,(H,17,18,19). The summed E-state index contributed by atoms with van der Waals surface area (Å²) in [5, 5.41) is 3.50. The van der Waals surface area contributed by atoms with E-state index in [9.17, 15) is 4.79 Å². The number of aryl methyl sites for hydroxylation is 1. The fourth-order valence-electron chi connectivity index (χ4n) is 1.70. The van der Waals surface area contributed by atoms with Crippen LogP contribution in [0.2, 0.25) is 0 Å². The molecule has 0 unspecified atom stereocenters. The maximum Gasteiger partial charge on any atom is 0.226 e. The van der Waals surface area contributed by atoms with Gasteiger partial charge in [0.05, 0.1) is 22.4 Å².